The van der Waals surface area contributed by atoms with E-state index in [-0.39, 0.29) is 23.1 Å². The Morgan fingerprint density at radius 1 is 1.22 bits per heavy atom. The van der Waals surface area contributed by atoms with Crippen LogP contribution in [0.1, 0.15) is 0 Å². The summed E-state index contributed by atoms with van der Waals surface area (Å²) in [5.41, 5.74) is 0.633. The smallest absolute Gasteiger partial charge is 0.234 e. The molecule has 1 heterocycles. The first-order chi connectivity index (χ1) is 12.8. The van der Waals surface area contributed by atoms with Crippen LogP contribution in [0.2, 0.25) is 0 Å². The number of amides is 1. The van der Waals surface area contributed by atoms with Gasteiger partial charge in [0.25, 0.3) is 0 Å². The largest absolute Gasteiger partial charge is 0.507 e. The van der Waals surface area contributed by atoms with E-state index in [0.717, 1.165) is 16.2 Å². The van der Waals surface area contributed by atoms with E-state index < -0.39 is 5.82 Å². The lowest BCUT2D eigenvalue weighted by Crippen LogP contribution is -2.15. The van der Waals surface area contributed by atoms with Crippen molar-refractivity contribution in [2.24, 2.45) is 7.05 Å². The van der Waals surface area contributed by atoms with Crippen LogP contribution in [0.15, 0.2) is 50.5 Å². The molecule has 6 nitrogen and oxygen atoms in total. The maximum atomic E-state index is 13.8. The first kappa shape index (κ1) is 19.8. The van der Waals surface area contributed by atoms with E-state index >= 15 is 0 Å². The summed E-state index contributed by atoms with van der Waals surface area (Å²) in [5.74, 6) is -0.305. The minimum absolute atomic E-state index is 0.0337. The molecule has 27 heavy (non-hydrogen) atoms. The average molecular weight is 516 g/mol. The molecule has 140 valence electrons. The van der Waals surface area contributed by atoms with Gasteiger partial charge in [-0.05, 0) is 36.4 Å². The molecule has 2 aromatic carbocycles. The third-order valence-electron chi connectivity index (χ3n) is 3.57. The van der Waals surface area contributed by atoms with E-state index in [9.17, 15) is 14.3 Å². The van der Waals surface area contributed by atoms with Crippen LogP contribution in [0.5, 0.6) is 5.75 Å². The van der Waals surface area contributed by atoms with E-state index in [1.807, 2.05) is 0 Å². The summed E-state index contributed by atoms with van der Waals surface area (Å²) in [6, 6.07) is 9.42. The topological polar surface area (TPSA) is 80.0 Å². The lowest BCUT2D eigenvalue weighted by atomic mass is 10.2. The van der Waals surface area contributed by atoms with Crippen LogP contribution in [0.25, 0.3) is 11.4 Å². The Bertz CT molecular complexity index is 1010. The predicted octanol–water partition coefficient (Wildman–Crippen LogP) is 4.58. The van der Waals surface area contributed by atoms with Crippen molar-refractivity contribution in [3.05, 3.63) is 51.2 Å². The Hall–Kier alpha value is -1.91. The first-order valence-corrected chi connectivity index (χ1v) is 10.2. The lowest BCUT2D eigenvalue weighted by Gasteiger charge is -2.07. The summed E-state index contributed by atoms with van der Waals surface area (Å²) in [5, 5.41) is 21.2. The molecule has 0 aliphatic rings. The maximum absolute atomic E-state index is 13.8. The summed E-state index contributed by atoms with van der Waals surface area (Å²) in [6.45, 7) is 0. The molecule has 1 amide bonds. The van der Waals surface area contributed by atoms with Crippen molar-refractivity contribution < 1.29 is 14.3 Å². The Balaban J connectivity index is 1.69. The van der Waals surface area contributed by atoms with E-state index in [2.05, 4.69) is 47.4 Å². The number of phenolic OH excluding ortho intramolecular Hbond substituents is 1. The highest BCUT2D eigenvalue weighted by atomic mass is 79.9. The Morgan fingerprint density at radius 2 is 1.93 bits per heavy atom. The molecule has 0 unspecified atom stereocenters. The summed E-state index contributed by atoms with van der Waals surface area (Å²) in [7, 11) is 1.74. The van der Waals surface area contributed by atoms with Gasteiger partial charge in [-0.2, -0.15) is 0 Å². The van der Waals surface area contributed by atoms with Crippen molar-refractivity contribution in [2.45, 2.75) is 5.16 Å². The van der Waals surface area contributed by atoms with Crippen LogP contribution in [-0.2, 0) is 11.8 Å². The molecule has 3 aromatic rings. The van der Waals surface area contributed by atoms with Gasteiger partial charge < -0.3 is 15.0 Å². The van der Waals surface area contributed by atoms with Crippen LogP contribution in [0.4, 0.5) is 10.1 Å². The quantitative estimate of drug-likeness (QED) is 0.486. The molecule has 2 N–H and O–H groups in total. The lowest BCUT2D eigenvalue weighted by molar-refractivity contribution is -0.113. The maximum Gasteiger partial charge on any atom is 0.234 e. The molecule has 0 spiro atoms. The predicted molar refractivity (Wildman–Crippen MR) is 109 cm³/mol. The zero-order valence-corrected chi connectivity index (χ0v) is 17.9. The molecular formula is C17H13Br2FN4O2S. The number of aromatic hydroxyl groups is 1. The normalized spacial score (nSPS) is 10.8. The third kappa shape index (κ3) is 4.69. The zero-order valence-electron chi connectivity index (χ0n) is 13.9. The van der Waals surface area contributed by atoms with Crippen molar-refractivity contribution in [3.63, 3.8) is 0 Å². The van der Waals surface area contributed by atoms with Gasteiger partial charge in [0.2, 0.25) is 5.91 Å². The van der Waals surface area contributed by atoms with Crippen molar-refractivity contribution in [1.29, 1.82) is 0 Å². The Labute approximate surface area is 175 Å². The second-order valence-electron chi connectivity index (χ2n) is 5.49. The highest BCUT2D eigenvalue weighted by molar-refractivity contribution is 9.10. The van der Waals surface area contributed by atoms with E-state index in [4.69, 9.17) is 0 Å². The molecule has 0 bridgehead atoms. The van der Waals surface area contributed by atoms with Gasteiger partial charge in [-0.3, -0.25) is 4.79 Å². The number of halogens is 3. The number of carbonyl (C=O) groups is 1. The van der Waals surface area contributed by atoms with Gasteiger partial charge in [0, 0.05) is 16.0 Å². The van der Waals surface area contributed by atoms with Gasteiger partial charge in [0.05, 0.1) is 17.0 Å². The molecule has 0 atom stereocenters. The van der Waals surface area contributed by atoms with E-state index in [1.165, 1.54) is 12.1 Å². The van der Waals surface area contributed by atoms with Crippen molar-refractivity contribution >= 4 is 55.2 Å². The molecule has 3 rings (SSSR count). The van der Waals surface area contributed by atoms with Crippen molar-refractivity contribution in [1.82, 2.24) is 14.8 Å². The molecule has 0 aliphatic carbocycles. The van der Waals surface area contributed by atoms with Gasteiger partial charge in [-0.15, -0.1) is 10.2 Å². The highest BCUT2D eigenvalue weighted by Crippen LogP contribution is 2.32. The fourth-order valence-electron chi connectivity index (χ4n) is 2.27. The summed E-state index contributed by atoms with van der Waals surface area (Å²) in [6.07, 6.45) is 0. The number of carbonyl (C=O) groups excluding carboxylic acids is 1. The molecule has 1 aromatic heterocycles. The van der Waals surface area contributed by atoms with Crippen molar-refractivity contribution in [2.75, 3.05) is 11.1 Å². The standard InChI is InChI=1S/C17H13Br2FN4O2S/c1-24-16(11-6-9(18)3-5-14(11)25)22-23-17(24)27-8-15(26)21-13-4-2-10(19)7-12(13)20/h2-7,25H,8H2,1H3,(H,21,26). The van der Waals surface area contributed by atoms with Gasteiger partial charge >= 0.3 is 0 Å². The highest BCUT2D eigenvalue weighted by Gasteiger charge is 2.16. The Kier molecular flexibility index (Phi) is 6.18. The second kappa shape index (κ2) is 8.41. The summed E-state index contributed by atoms with van der Waals surface area (Å²) in [4.78, 5) is 12.1. The van der Waals surface area contributed by atoms with E-state index in [1.54, 1.807) is 35.9 Å². The monoisotopic (exact) mass is 514 g/mol. The Morgan fingerprint density at radius 3 is 2.67 bits per heavy atom. The number of nitrogens with zero attached hydrogens (tertiary/aromatic N) is 3. The van der Waals surface area contributed by atoms with Crippen LogP contribution >= 0.6 is 43.6 Å². The number of benzene rings is 2. The first-order valence-electron chi connectivity index (χ1n) is 7.61. The van der Waals surface area contributed by atoms with Crippen molar-refractivity contribution in [3.8, 4) is 17.1 Å². The molecule has 10 heteroatoms. The number of nitrogens with one attached hydrogen (secondary N) is 1. The third-order valence-corrected chi connectivity index (χ3v) is 5.58. The fraction of sp³-hybridized carbons (Fsp3) is 0.118. The van der Waals surface area contributed by atoms with E-state index in [0.29, 0.717) is 21.0 Å². The van der Waals surface area contributed by atoms with Gasteiger partial charge in [-0.25, -0.2) is 4.39 Å². The number of thioether (sulfide) groups is 1. The number of anilines is 1. The number of hydrogen-bond donors (Lipinski definition) is 2. The fourth-order valence-corrected chi connectivity index (χ4v) is 3.68. The zero-order chi connectivity index (χ0) is 19.6. The van der Waals surface area contributed by atoms with Crippen LogP contribution in [0.3, 0.4) is 0 Å². The minimum atomic E-state index is -0.520. The number of hydrogen-bond acceptors (Lipinski definition) is 5. The number of phenols is 1. The molecular weight excluding hydrogens is 503 g/mol. The molecule has 0 aliphatic heterocycles. The number of rotatable bonds is 5. The molecule has 0 radical (unpaired) electrons. The molecule has 0 saturated heterocycles. The molecule has 0 fully saturated rings. The summed E-state index contributed by atoms with van der Waals surface area (Å²) >= 11 is 7.68. The van der Waals surface area contributed by atoms with Gasteiger partial charge in [0.15, 0.2) is 11.0 Å². The SMILES string of the molecule is Cn1c(SCC(=O)Nc2ccc(Br)cc2F)nnc1-c1cc(Br)ccc1O. The van der Waals surface area contributed by atoms with Crippen LogP contribution in [-0.4, -0.2) is 31.5 Å². The average Bonchev–Trinajstić information content (AvgIpc) is 2.98. The van der Waals surface area contributed by atoms with Crippen LogP contribution in [0, 0.1) is 5.82 Å². The van der Waals surface area contributed by atoms with Gasteiger partial charge in [-0.1, -0.05) is 43.6 Å². The number of aromatic nitrogens is 3. The van der Waals surface area contributed by atoms with Crippen LogP contribution < -0.4 is 5.32 Å². The second-order valence-corrected chi connectivity index (χ2v) is 8.26. The van der Waals surface area contributed by atoms with Gasteiger partial charge in [0.1, 0.15) is 11.6 Å². The summed E-state index contributed by atoms with van der Waals surface area (Å²) < 4.78 is 16.9. The minimum Gasteiger partial charge on any atom is -0.507 e. The molecule has 0 saturated carbocycles.